The van der Waals surface area contributed by atoms with Gasteiger partial charge in [-0.1, -0.05) is 24.3 Å². The van der Waals surface area contributed by atoms with E-state index in [0.29, 0.717) is 6.54 Å². The number of carbonyl (C=O) groups excluding carboxylic acids is 1. The molecule has 0 unspecified atom stereocenters. The second-order valence-corrected chi connectivity index (χ2v) is 4.63. The van der Waals surface area contributed by atoms with Crippen molar-refractivity contribution in [2.45, 2.75) is 26.3 Å². The van der Waals surface area contributed by atoms with Gasteiger partial charge in [0.15, 0.2) is 0 Å². The molecule has 18 heavy (non-hydrogen) atoms. The number of amides is 1. The first-order valence-corrected chi connectivity index (χ1v) is 6.14. The highest BCUT2D eigenvalue weighted by molar-refractivity contribution is 5.87. The van der Waals surface area contributed by atoms with Crippen molar-refractivity contribution >= 4 is 11.9 Å². The molecule has 0 bridgehead atoms. The highest BCUT2D eigenvalue weighted by Gasteiger charge is 2.44. The fourth-order valence-corrected chi connectivity index (χ4v) is 2.69. The predicted molar refractivity (Wildman–Crippen MR) is 67.0 cm³/mol. The number of rotatable bonds is 3. The van der Waals surface area contributed by atoms with Crippen molar-refractivity contribution < 1.29 is 14.7 Å². The van der Waals surface area contributed by atoms with E-state index in [9.17, 15) is 14.7 Å². The Kier molecular flexibility index (Phi) is 3.36. The van der Waals surface area contributed by atoms with Crippen molar-refractivity contribution in [1.29, 1.82) is 0 Å². The van der Waals surface area contributed by atoms with E-state index in [1.54, 1.807) is 4.90 Å². The lowest BCUT2D eigenvalue weighted by atomic mass is 9.91. The van der Waals surface area contributed by atoms with E-state index < -0.39 is 11.9 Å². The summed E-state index contributed by atoms with van der Waals surface area (Å²) in [6.07, 6.45) is 0.0994. The molecule has 0 spiro atoms. The Bertz CT molecular complexity index is 484. The maximum absolute atomic E-state index is 11.9. The minimum Gasteiger partial charge on any atom is -0.481 e. The first-order chi connectivity index (χ1) is 8.56. The summed E-state index contributed by atoms with van der Waals surface area (Å²) in [6, 6.07) is 7.34. The van der Waals surface area contributed by atoms with Gasteiger partial charge in [-0.2, -0.15) is 0 Å². The van der Waals surface area contributed by atoms with Crippen LogP contribution < -0.4 is 0 Å². The molecule has 1 heterocycles. The van der Waals surface area contributed by atoms with Gasteiger partial charge in [0.25, 0.3) is 0 Å². The van der Waals surface area contributed by atoms with Crippen LogP contribution in [0.15, 0.2) is 24.3 Å². The van der Waals surface area contributed by atoms with Crippen molar-refractivity contribution in [1.82, 2.24) is 4.90 Å². The predicted octanol–water partition coefficient (Wildman–Crippen LogP) is 1.99. The standard InChI is InChI=1S/C14H17NO3/c1-3-15-12(16)8-11(14(17)18)13(15)10-7-5-4-6-9(10)2/h4-7,11,13H,3,8H2,1-2H3,(H,17,18)/t11-,13-/m1/s1. The molecule has 1 aromatic carbocycles. The summed E-state index contributed by atoms with van der Waals surface area (Å²) in [5.74, 6) is -1.61. The summed E-state index contributed by atoms with van der Waals surface area (Å²) in [5.41, 5.74) is 1.97. The Labute approximate surface area is 106 Å². The molecule has 1 aromatic rings. The van der Waals surface area contributed by atoms with Crippen molar-refractivity contribution in [2.75, 3.05) is 6.54 Å². The van der Waals surface area contributed by atoms with Crippen LogP contribution in [0.25, 0.3) is 0 Å². The highest BCUT2D eigenvalue weighted by atomic mass is 16.4. The fourth-order valence-electron chi connectivity index (χ4n) is 2.69. The van der Waals surface area contributed by atoms with Crippen molar-refractivity contribution in [3.63, 3.8) is 0 Å². The molecule has 2 rings (SSSR count). The lowest BCUT2D eigenvalue weighted by molar-refractivity contribution is -0.142. The molecule has 1 amide bonds. The summed E-state index contributed by atoms with van der Waals surface area (Å²) < 4.78 is 0. The van der Waals surface area contributed by atoms with Crippen LogP contribution in [0.1, 0.15) is 30.5 Å². The van der Waals surface area contributed by atoms with E-state index in [1.807, 2.05) is 38.1 Å². The van der Waals surface area contributed by atoms with Gasteiger partial charge in [0.1, 0.15) is 0 Å². The Balaban J connectivity index is 2.46. The van der Waals surface area contributed by atoms with Crippen LogP contribution in [0, 0.1) is 12.8 Å². The van der Waals surface area contributed by atoms with Gasteiger partial charge in [-0.25, -0.2) is 0 Å². The second-order valence-electron chi connectivity index (χ2n) is 4.63. The Morgan fingerprint density at radius 3 is 2.67 bits per heavy atom. The molecule has 2 atom stereocenters. The van der Waals surface area contributed by atoms with Crippen molar-refractivity contribution in [3.8, 4) is 0 Å². The third kappa shape index (κ3) is 1.98. The zero-order valence-electron chi connectivity index (χ0n) is 10.6. The summed E-state index contributed by atoms with van der Waals surface area (Å²) in [5, 5.41) is 9.29. The number of carboxylic acids is 1. The lowest BCUT2D eigenvalue weighted by Crippen LogP contribution is -2.30. The quantitative estimate of drug-likeness (QED) is 0.888. The van der Waals surface area contributed by atoms with Crippen LogP contribution in [0.2, 0.25) is 0 Å². The molecule has 1 fully saturated rings. The Morgan fingerprint density at radius 2 is 2.11 bits per heavy atom. The first-order valence-electron chi connectivity index (χ1n) is 6.14. The number of benzene rings is 1. The van der Waals surface area contributed by atoms with E-state index in [0.717, 1.165) is 11.1 Å². The minimum absolute atomic E-state index is 0.0712. The summed E-state index contributed by atoms with van der Waals surface area (Å²) >= 11 is 0. The molecule has 1 aliphatic rings. The molecule has 1 N–H and O–H groups in total. The van der Waals surface area contributed by atoms with E-state index in [-0.39, 0.29) is 18.4 Å². The third-order valence-corrected chi connectivity index (χ3v) is 3.60. The van der Waals surface area contributed by atoms with Gasteiger partial charge < -0.3 is 10.0 Å². The average molecular weight is 247 g/mol. The third-order valence-electron chi connectivity index (χ3n) is 3.60. The SMILES string of the molecule is CCN1C(=O)C[C@@H](C(=O)O)[C@H]1c1ccccc1C. The number of nitrogens with zero attached hydrogens (tertiary/aromatic N) is 1. The maximum atomic E-state index is 11.9. The van der Waals surface area contributed by atoms with Crippen LogP contribution >= 0.6 is 0 Å². The topological polar surface area (TPSA) is 57.6 Å². The monoisotopic (exact) mass is 247 g/mol. The number of likely N-dealkylation sites (tertiary alicyclic amines) is 1. The van der Waals surface area contributed by atoms with Gasteiger partial charge in [0.2, 0.25) is 5.91 Å². The van der Waals surface area contributed by atoms with Gasteiger partial charge in [0.05, 0.1) is 12.0 Å². The maximum Gasteiger partial charge on any atom is 0.309 e. The van der Waals surface area contributed by atoms with Crippen LogP contribution in [-0.2, 0) is 9.59 Å². The van der Waals surface area contributed by atoms with Crippen molar-refractivity contribution in [2.24, 2.45) is 5.92 Å². The fraction of sp³-hybridized carbons (Fsp3) is 0.429. The molecule has 4 heteroatoms. The number of carbonyl (C=O) groups is 2. The number of hydrogen-bond donors (Lipinski definition) is 1. The van der Waals surface area contributed by atoms with Crippen LogP contribution in [0.5, 0.6) is 0 Å². The summed E-state index contributed by atoms with van der Waals surface area (Å²) in [7, 11) is 0. The smallest absolute Gasteiger partial charge is 0.309 e. The molecule has 96 valence electrons. The number of aryl methyl sites for hydroxylation is 1. The molecule has 0 saturated carbocycles. The molecule has 0 radical (unpaired) electrons. The van der Waals surface area contributed by atoms with Crippen LogP contribution in [0.4, 0.5) is 0 Å². The van der Waals surface area contributed by atoms with Gasteiger partial charge in [-0.05, 0) is 25.0 Å². The van der Waals surface area contributed by atoms with E-state index in [1.165, 1.54) is 0 Å². The molecule has 1 aliphatic heterocycles. The minimum atomic E-state index is -0.896. The highest BCUT2D eigenvalue weighted by Crippen LogP contribution is 2.39. The van der Waals surface area contributed by atoms with Gasteiger partial charge in [0, 0.05) is 13.0 Å². The van der Waals surface area contributed by atoms with Gasteiger partial charge in [-0.3, -0.25) is 9.59 Å². The van der Waals surface area contributed by atoms with Crippen molar-refractivity contribution in [3.05, 3.63) is 35.4 Å². The molecule has 1 saturated heterocycles. The van der Waals surface area contributed by atoms with E-state index in [4.69, 9.17) is 0 Å². The molecular formula is C14H17NO3. The van der Waals surface area contributed by atoms with Gasteiger partial charge in [-0.15, -0.1) is 0 Å². The molecular weight excluding hydrogens is 230 g/mol. The summed E-state index contributed by atoms with van der Waals surface area (Å²) in [6.45, 7) is 4.37. The number of carboxylic acid groups (broad SMARTS) is 1. The zero-order valence-corrected chi connectivity index (χ0v) is 10.6. The number of hydrogen-bond acceptors (Lipinski definition) is 2. The van der Waals surface area contributed by atoms with Crippen LogP contribution in [-0.4, -0.2) is 28.4 Å². The van der Waals surface area contributed by atoms with Crippen LogP contribution in [0.3, 0.4) is 0 Å². The molecule has 4 nitrogen and oxygen atoms in total. The molecule has 0 aliphatic carbocycles. The average Bonchev–Trinajstić information content (AvgIpc) is 2.67. The second kappa shape index (κ2) is 4.80. The Hall–Kier alpha value is -1.84. The normalized spacial score (nSPS) is 23.4. The number of aliphatic carboxylic acids is 1. The molecule has 0 aromatic heterocycles. The van der Waals surface area contributed by atoms with E-state index in [2.05, 4.69) is 0 Å². The zero-order chi connectivity index (χ0) is 13.3. The van der Waals surface area contributed by atoms with Gasteiger partial charge >= 0.3 is 5.97 Å². The summed E-state index contributed by atoms with van der Waals surface area (Å²) in [4.78, 5) is 24.9. The Morgan fingerprint density at radius 1 is 1.44 bits per heavy atom. The lowest BCUT2D eigenvalue weighted by Gasteiger charge is -2.27. The first kappa shape index (κ1) is 12.6. The van der Waals surface area contributed by atoms with E-state index >= 15 is 0 Å². The largest absolute Gasteiger partial charge is 0.481 e.